The van der Waals surface area contributed by atoms with Gasteiger partial charge < -0.3 is 4.74 Å². The summed E-state index contributed by atoms with van der Waals surface area (Å²) in [7, 11) is 0. The molecule has 0 saturated carbocycles. The number of ether oxygens (including phenoxy) is 1. The number of rotatable bonds is 10. The standard InChI is InChI=1S/C13H28N2O2/c1-4-7-9-11(6-3)10-17-12(8-5-2)13(16)15-14/h11-12H,4-10,14H2,1-3H3,(H,15,16). The summed E-state index contributed by atoms with van der Waals surface area (Å²) in [6, 6.07) is 0. The molecule has 0 aliphatic carbocycles. The Morgan fingerprint density at radius 2 is 1.94 bits per heavy atom. The van der Waals surface area contributed by atoms with E-state index >= 15 is 0 Å². The number of carbonyl (C=O) groups is 1. The predicted octanol–water partition coefficient (Wildman–Crippen LogP) is 2.38. The van der Waals surface area contributed by atoms with Gasteiger partial charge in [0.1, 0.15) is 6.10 Å². The first kappa shape index (κ1) is 16.4. The minimum Gasteiger partial charge on any atom is -0.368 e. The van der Waals surface area contributed by atoms with Crippen molar-refractivity contribution in [3.8, 4) is 0 Å². The molecule has 0 rings (SSSR count). The first-order valence-corrected chi connectivity index (χ1v) is 6.81. The fraction of sp³-hybridized carbons (Fsp3) is 0.923. The van der Waals surface area contributed by atoms with Gasteiger partial charge in [-0.05, 0) is 18.8 Å². The number of hydrogen-bond acceptors (Lipinski definition) is 3. The zero-order valence-electron chi connectivity index (χ0n) is 11.5. The highest BCUT2D eigenvalue weighted by Crippen LogP contribution is 2.14. The predicted molar refractivity (Wildman–Crippen MR) is 70.3 cm³/mol. The Morgan fingerprint density at radius 3 is 2.41 bits per heavy atom. The van der Waals surface area contributed by atoms with E-state index < -0.39 is 0 Å². The Morgan fingerprint density at radius 1 is 1.24 bits per heavy atom. The number of unbranched alkanes of at least 4 members (excludes halogenated alkanes) is 1. The fourth-order valence-electron chi connectivity index (χ4n) is 1.80. The second-order valence-corrected chi connectivity index (χ2v) is 4.54. The van der Waals surface area contributed by atoms with E-state index in [0.29, 0.717) is 12.5 Å². The van der Waals surface area contributed by atoms with Crippen LogP contribution in [-0.2, 0) is 9.53 Å². The third-order valence-electron chi connectivity index (χ3n) is 3.06. The van der Waals surface area contributed by atoms with E-state index in [9.17, 15) is 4.79 Å². The SMILES string of the molecule is CCCCC(CC)COC(CCC)C(=O)NN. The molecule has 3 N–H and O–H groups in total. The highest BCUT2D eigenvalue weighted by atomic mass is 16.5. The molecule has 0 aliphatic heterocycles. The van der Waals surface area contributed by atoms with Crippen molar-refractivity contribution >= 4 is 5.91 Å². The lowest BCUT2D eigenvalue weighted by molar-refractivity contribution is -0.134. The van der Waals surface area contributed by atoms with Crippen LogP contribution in [0.5, 0.6) is 0 Å². The minimum absolute atomic E-state index is 0.211. The quantitative estimate of drug-likeness (QED) is 0.352. The summed E-state index contributed by atoms with van der Waals surface area (Å²) in [5, 5.41) is 0. The van der Waals surface area contributed by atoms with Crippen LogP contribution in [0.3, 0.4) is 0 Å². The van der Waals surface area contributed by atoms with Crippen LogP contribution >= 0.6 is 0 Å². The Bertz CT molecular complexity index is 198. The lowest BCUT2D eigenvalue weighted by Gasteiger charge is -2.20. The Labute approximate surface area is 105 Å². The van der Waals surface area contributed by atoms with Gasteiger partial charge in [0.2, 0.25) is 0 Å². The van der Waals surface area contributed by atoms with E-state index in [1.807, 2.05) is 6.92 Å². The molecule has 0 spiro atoms. The highest BCUT2D eigenvalue weighted by Gasteiger charge is 2.18. The van der Waals surface area contributed by atoms with Gasteiger partial charge in [0.15, 0.2) is 0 Å². The molecule has 0 saturated heterocycles. The molecule has 4 heteroatoms. The van der Waals surface area contributed by atoms with Gasteiger partial charge >= 0.3 is 0 Å². The van der Waals surface area contributed by atoms with Crippen LogP contribution in [0.25, 0.3) is 0 Å². The molecule has 4 nitrogen and oxygen atoms in total. The van der Waals surface area contributed by atoms with Crippen LogP contribution in [0.1, 0.15) is 59.3 Å². The van der Waals surface area contributed by atoms with Crippen molar-refractivity contribution in [2.24, 2.45) is 11.8 Å². The average molecular weight is 244 g/mol. The molecular formula is C13H28N2O2. The number of hydrogen-bond donors (Lipinski definition) is 2. The molecule has 0 bridgehead atoms. The van der Waals surface area contributed by atoms with E-state index in [1.54, 1.807) is 0 Å². The normalized spacial score (nSPS) is 14.4. The summed E-state index contributed by atoms with van der Waals surface area (Å²) < 4.78 is 5.69. The lowest BCUT2D eigenvalue weighted by atomic mass is 10.0. The molecule has 17 heavy (non-hydrogen) atoms. The number of nitrogens with one attached hydrogen (secondary N) is 1. The van der Waals surface area contributed by atoms with Crippen LogP contribution < -0.4 is 11.3 Å². The molecule has 2 unspecified atom stereocenters. The molecule has 0 aromatic heterocycles. The van der Waals surface area contributed by atoms with E-state index in [0.717, 1.165) is 19.3 Å². The van der Waals surface area contributed by atoms with Gasteiger partial charge in [-0.15, -0.1) is 0 Å². The van der Waals surface area contributed by atoms with Crippen molar-refractivity contribution in [3.05, 3.63) is 0 Å². The summed E-state index contributed by atoms with van der Waals surface area (Å²) in [6.07, 6.45) is 5.97. The monoisotopic (exact) mass is 244 g/mol. The van der Waals surface area contributed by atoms with Crippen LogP contribution in [0.15, 0.2) is 0 Å². The van der Waals surface area contributed by atoms with Crippen LogP contribution in [-0.4, -0.2) is 18.6 Å². The molecule has 0 aromatic rings. The zero-order valence-corrected chi connectivity index (χ0v) is 11.5. The number of nitrogens with two attached hydrogens (primary N) is 1. The molecule has 0 fully saturated rings. The van der Waals surface area contributed by atoms with Gasteiger partial charge in [0, 0.05) is 0 Å². The van der Waals surface area contributed by atoms with Crippen molar-refractivity contribution in [1.82, 2.24) is 5.43 Å². The van der Waals surface area contributed by atoms with Crippen LogP contribution in [0.4, 0.5) is 0 Å². The largest absolute Gasteiger partial charge is 0.368 e. The highest BCUT2D eigenvalue weighted by molar-refractivity contribution is 5.80. The first-order valence-electron chi connectivity index (χ1n) is 6.81. The lowest BCUT2D eigenvalue weighted by Crippen LogP contribution is -2.41. The Kier molecular flexibility index (Phi) is 10.2. The second-order valence-electron chi connectivity index (χ2n) is 4.54. The van der Waals surface area contributed by atoms with Gasteiger partial charge in [0.25, 0.3) is 5.91 Å². The maximum absolute atomic E-state index is 11.5. The molecule has 0 aromatic carbocycles. The van der Waals surface area contributed by atoms with E-state index in [4.69, 9.17) is 10.6 Å². The first-order chi connectivity index (χ1) is 8.19. The molecule has 1 amide bonds. The maximum Gasteiger partial charge on any atom is 0.262 e. The Balaban J connectivity index is 4.03. The summed E-state index contributed by atoms with van der Waals surface area (Å²) in [5.41, 5.74) is 2.17. The molecule has 0 aliphatic rings. The number of hydrazine groups is 1. The average Bonchev–Trinajstić information content (AvgIpc) is 2.36. The van der Waals surface area contributed by atoms with Gasteiger partial charge in [-0.3, -0.25) is 10.2 Å². The molecule has 102 valence electrons. The van der Waals surface area contributed by atoms with Crippen molar-refractivity contribution < 1.29 is 9.53 Å². The number of amides is 1. The topological polar surface area (TPSA) is 64.3 Å². The summed E-state index contributed by atoms with van der Waals surface area (Å²) in [5.74, 6) is 5.49. The molecule has 0 heterocycles. The summed E-state index contributed by atoms with van der Waals surface area (Å²) in [6.45, 7) is 7.06. The third kappa shape index (κ3) is 7.34. The smallest absolute Gasteiger partial charge is 0.262 e. The summed E-state index contributed by atoms with van der Waals surface area (Å²) in [4.78, 5) is 11.5. The third-order valence-corrected chi connectivity index (χ3v) is 3.06. The second kappa shape index (κ2) is 10.5. The van der Waals surface area contributed by atoms with Crippen molar-refractivity contribution in [1.29, 1.82) is 0 Å². The van der Waals surface area contributed by atoms with Crippen molar-refractivity contribution in [2.45, 2.75) is 65.4 Å². The Hall–Kier alpha value is -0.610. The van der Waals surface area contributed by atoms with E-state index in [-0.39, 0.29) is 12.0 Å². The summed E-state index contributed by atoms with van der Waals surface area (Å²) >= 11 is 0. The molecule has 0 radical (unpaired) electrons. The zero-order chi connectivity index (χ0) is 13.1. The van der Waals surface area contributed by atoms with E-state index in [1.165, 1.54) is 19.3 Å². The van der Waals surface area contributed by atoms with Crippen molar-refractivity contribution in [3.63, 3.8) is 0 Å². The minimum atomic E-state index is -0.388. The molecule has 2 atom stereocenters. The van der Waals surface area contributed by atoms with Crippen LogP contribution in [0, 0.1) is 5.92 Å². The van der Waals surface area contributed by atoms with Crippen molar-refractivity contribution in [2.75, 3.05) is 6.61 Å². The van der Waals surface area contributed by atoms with E-state index in [2.05, 4.69) is 19.3 Å². The van der Waals surface area contributed by atoms with Gasteiger partial charge in [-0.25, -0.2) is 5.84 Å². The van der Waals surface area contributed by atoms with Gasteiger partial charge in [-0.1, -0.05) is 46.5 Å². The number of carbonyl (C=O) groups excluding carboxylic acids is 1. The van der Waals surface area contributed by atoms with Gasteiger partial charge in [-0.2, -0.15) is 0 Å². The fourth-order valence-corrected chi connectivity index (χ4v) is 1.80. The molecular weight excluding hydrogens is 216 g/mol. The van der Waals surface area contributed by atoms with Gasteiger partial charge in [0.05, 0.1) is 6.61 Å². The maximum atomic E-state index is 11.5. The van der Waals surface area contributed by atoms with Crippen LogP contribution in [0.2, 0.25) is 0 Å².